The molecule has 0 aliphatic carbocycles. The van der Waals surface area contributed by atoms with Crippen LogP contribution < -0.4 is 9.62 Å². The van der Waals surface area contributed by atoms with Crippen molar-refractivity contribution >= 4 is 56.4 Å². The molecule has 0 spiro atoms. The van der Waals surface area contributed by atoms with Crippen molar-refractivity contribution < 1.29 is 18.1 Å². The van der Waals surface area contributed by atoms with Crippen LogP contribution in [-0.4, -0.2) is 39.8 Å². The van der Waals surface area contributed by atoms with Gasteiger partial charge >= 0.3 is 0 Å². The summed E-state index contributed by atoms with van der Waals surface area (Å²) in [7, 11) is -4.06. The van der Waals surface area contributed by atoms with Crippen molar-refractivity contribution in [3.8, 4) is 5.69 Å². The Labute approximate surface area is 262 Å². The molecular weight excluding hydrogens is 624 g/mol. The summed E-state index contributed by atoms with van der Waals surface area (Å²) in [5.74, 6) is -0.109. The Balaban J connectivity index is 1.46. The van der Waals surface area contributed by atoms with Gasteiger partial charge in [0.1, 0.15) is 0 Å². The maximum absolute atomic E-state index is 14.0. The predicted octanol–water partition coefficient (Wildman–Crippen LogP) is 6.26. The number of rotatable bonds is 11. The number of hydrogen-bond donors (Lipinski definition) is 1. The van der Waals surface area contributed by atoms with Crippen LogP contribution in [0.5, 0.6) is 0 Å². The molecule has 224 valence electrons. The molecule has 0 unspecified atom stereocenters. The van der Waals surface area contributed by atoms with E-state index in [0.29, 0.717) is 33.1 Å². The number of carbonyl (C=O) groups is 1. The van der Waals surface area contributed by atoms with Crippen molar-refractivity contribution in [3.05, 3.63) is 130 Å². The number of aryl methyl sites for hydroxylation is 1. The average Bonchev–Trinajstić information content (AvgIpc) is 3.42. The van der Waals surface area contributed by atoms with E-state index in [4.69, 9.17) is 11.6 Å². The highest BCUT2D eigenvalue weighted by Gasteiger charge is 2.28. The van der Waals surface area contributed by atoms with E-state index < -0.39 is 14.9 Å². The fraction of sp³-hybridized carbons (Fsp3) is 0.100. The molecule has 0 saturated carbocycles. The quantitative estimate of drug-likeness (QED) is 0.100. The summed E-state index contributed by atoms with van der Waals surface area (Å²) < 4.78 is 30.9. The topological polar surface area (TPSA) is 140 Å². The lowest BCUT2D eigenvalue weighted by Crippen LogP contribution is -2.31. The number of nitro benzene ring substituents is 1. The normalized spacial score (nSPS) is 11.2. The van der Waals surface area contributed by atoms with Crippen LogP contribution in [0, 0.1) is 17.0 Å². The number of aromatic nitrogens is 3. The number of para-hydroxylation sites is 1. The number of carbonyl (C=O) groups excluding carboxylic acids is 1. The van der Waals surface area contributed by atoms with Gasteiger partial charge in [0, 0.05) is 28.5 Å². The first-order valence-corrected chi connectivity index (χ1v) is 15.9. The monoisotopic (exact) mass is 648 g/mol. The van der Waals surface area contributed by atoms with Gasteiger partial charge in [-0.1, -0.05) is 65.3 Å². The van der Waals surface area contributed by atoms with Gasteiger partial charge < -0.3 is 5.32 Å². The summed E-state index contributed by atoms with van der Waals surface area (Å²) in [6.45, 7) is 1.69. The Morgan fingerprint density at radius 3 is 2.34 bits per heavy atom. The average molecular weight is 649 g/mol. The molecule has 0 fully saturated rings. The van der Waals surface area contributed by atoms with Crippen molar-refractivity contribution in [1.82, 2.24) is 14.8 Å². The third kappa shape index (κ3) is 7.08. The van der Waals surface area contributed by atoms with Crippen LogP contribution in [0.4, 0.5) is 17.1 Å². The van der Waals surface area contributed by atoms with E-state index >= 15 is 0 Å². The smallest absolute Gasteiger partial charge is 0.269 e. The molecule has 4 aromatic carbocycles. The molecule has 1 amide bonds. The third-order valence-electron chi connectivity index (χ3n) is 6.40. The Kier molecular flexibility index (Phi) is 9.28. The maximum atomic E-state index is 14.0. The molecule has 0 atom stereocenters. The van der Waals surface area contributed by atoms with Crippen LogP contribution in [0.15, 0.2) is 113 Å². The minimum Gasteiger partial charge on any atom is -0.325 e. The zero-order valence-corrected chi connectivity index (χ0v) is 25.6. The number of nitro groups is 1. The molecule has 1 aromatic heterocycles. The number of anilines is 2. The molecule has 1 N–H and O–H groups in total. The fourth-order valence-electron chi connectivity index (χ4n) is 4.24. The van der Waals surface area contributed by atoms with E-state index in [1.807, 2.05) is 37.3 Å². The van der Waals surface area contributed by atoms with Crippen LogP contribution in [0.25, 0.3) is 5.69 Å². The van der Waals surface area contributed by atoms with Gasteiger partial charge in [-0.15, -0.1) is 10.2 Å². The van der Waals surface area contributed by atoms with Gasteiger partial charge in [0.15, 0.2) is 11.0 Å². The van der Waals surface area contributed by atoms with Gasteiger partial charge in [-0.25, -0.2) is 8.42 Å². The highest BCUT2D eigenvalue weighted by molar-refractivity contribution is 7.99. The SMILES string of the molecule is Cc1ccc(S(=O)(=O)N(Cc2nnc(SCC(=O)Nc3ccc([N+](=O)[O-])cc3)n2-c2ccccc2)c2cccc(Cl)c2)cc1. The molecule has 11 nitrogen and oxygen atoms in total. The van der Waals surface area contributed by atoms with Crippen LogP contribution >= 0.6 is 23.4 Å². The van der Waals surface area contributed by atoms with Gasteiger partial charge in [0.05, 0.1) is 27.8 Å². The highest BCUT2D eigenvalue weighted by atomic mass is 35.5. The van der Waals surface area contributed by atoms with E-state index in [-0.39, 0.29) is 28.8 Å². The third-order valence-corrected chi connectivity index (χ3v) is 9.35. The second-order valence-corrected chi connectivity index (χ2v) is 12.8. The first kappa shape index (κ1) is 30.7. The number of non-ortho nitro benzene ring substituents is 1. The van der Waals surface area contributed by atoms with Gasteiger partial charge in [0.2, 0.25) is 5.91 Å². The summed E-state index contributed by atoms with van der Waals surface area (Å²) in [6, 6.07) is 27.8. The number of sulfonamides is 1. The van der Waals surface area contributed by atoms with Gasteiger partial charge in [0.25, 0.3) is 15.7 Å². The number of nitrogens with one attached hydrogen (secondary N) is 1. The molecular formula is C30H25ClN6O5S2. The Bertz CT molecular complexity index is 1900. The lowest BCUT2D eigenvalue weighted by atomic mass is 10.2. The van der Waals surface area contributed by atoms with Crippen LogP contribution in [0.2, 0.25) is 5.02 Å². The molecule has 5 aromatic rings. The zero-order valence-electron chi connectivity index (χ0n) is 23.2. The molecule has 5 rings (SSSR count). The van der Waals surface area contributed by atoms with E-state index in [2.05, 4.69) is 15.5 Å². The molecule has 14 heteroatoms. The van der Waals surface area contributed by atoms with Crippen molar-refractivity contribution in [3.63, 3.8) is 0 Å². The number of halogens is 1. The predicted molar refractivity (Wildman–Crippen MR) is 170 cm³/mol. The summed E-state index contributed by atoms with van der Waals surface area (Å²) in [5.41, 5.74) is 2.25. The highest BCUT2D eigenvalue weighted by Crippen LogP contribution is 2.30. The standard InChI is InChI=1S/C30H25ClN6O5S2/c1-21-10-16-27(17-11-21)44(41,42)35(26-9-5-6-22(31)18-26)19-28-33-34-30(36(28)24-7-3-2-4-8-24)43-20-29(38)32-23-12-14-25(15-13-23)37(39)40/h2-18H,19-20H2,1H3,(H,32,38). The van der Waals surface area contributed by atoms with Crippen LogP contribution in [0.1, 0.15) is 11.4 Å². The van der Waals surface area contributed by atoms with E-state index in [1.54, 1.807) is 53.1 Å². The summed E-state index contributed by atoms with van der Waals surface area (Å²) in [6.07, 6.45) is 0. The second-order valence-electron chi connectivity index (χ2n) is 9.52. The second kappa shape index (κ2) is 13.3. The van der Waals surface area contributed by atoms with Crippen LogP contribution in [0.3, 0.4) is 0 Å². The van der Waals surface area contributed by atoms with E-state index in [1.165, 1.54) is 28.6 Å². The molecule has 0 saturated heterocycles. The lowest BCUT2D eigenvalue weighted by Gasteiger charge is -2.25. The largest absolute Gasteiger partial charge is 0.325 e. The van der Waals surface area contributed by atoms with Crippen molar-refractivity contribution in [2.24, 2.45) is 0 Å². The molecule has 0 radical (unpaired) electrons. The summed E-state index contributed by atoms with van der Waals surface area (Å²) in [5, 5.41) is 23.0. The molecule has 0 bridgehead atoms. The first-order valence-electron chi connectivity index (χ1n) is 13.1. The van der Waals surface area contributed by atoms with E-state index in [9.17, 15) is 23.3 Å². The van der Waals surface area contributed by atoms with Crippen molar-refractivity contribution in [2.45, 2.75) is 23.5 Å². The number of amides is 1. The number of benzene rings is 4. The first-order chi connectivity index (χ1) is 21.1. The Morgan fingerprint density at radius 1 is 0.977 bits per heavy atom. The van der Waals surface area contributed by atoms with Gasteiger partial charge in [-0.05, 0) is 61.5 Å². The van der Waals surface area contributed by atoms with Gasteiger partial charge in [-0.2, -0.15) is 0 Å². The molecule has 44 heavy (non-hydrogen) atoms. The number of thioether (sulfide) groups is 1. The maximum Gasteiger partial charge on any atom is 0.269 e. The van der Waals surface area contributed by atoms with E-state index in [0.717, 1.165) is 17.3 Å². The molecule has 1 heterocycles. The minimum absolute atomic E-state index is 0.0539. The molecule has 0 aliphatic rings. The lowest BCUT2D eigenvalue weighted by molar-refractivity contribution is -0.384. The van der Waals surface area contributed by atoms with Crippen molar-refractivity contribution in [1.29, 1.82) is 0 Å². The zero-order chi connectivity index (χ0) is 31.3. The summed E-state index contributed by atoms with van der Waals surface area (Å²) >= 11 is 7.37. The number of nitrogens with zero attached hydrogens (tertiary/aromatic N) is 5. The van der Waals surface area contributed by atoms with Crippen molar-refractivity contribution in [2.75, 3.05) is 15.4 Å². The van der Waals surface area contributed by atoms with Gasteiger partial charge in [-0.3, -0.25) is 23.8 Å². The van der Waals surface area contributed by atoms with Crippen LogP contribution in [-0.2, 0) is 21.4 Å². The fourth-order valence-corrected chi connectivity index (χ4v) is 6.60. The summed E-state index contributed by atoms with van der Waals surface area (Å²) in [4.78, 5) is 23.2. The minimum atomic E-state index is -4.06. The number of hydrogen-bond acceptors (Lipinski definition) is 8. The molecule has 0 aliphatic heterocycles. The Hall–Kier alpha value is -4.72. The Morgan fingerprint density at radius 2 is 1.68 bits per heavy atom.